The Morgan fingerprint density at radius 3 is 1.85 bits per heavy atom. The first-order chi connectivity index (χ1) is 19.1. The molecular formula is C33H33N3O3. The Kier molecular flexibility index (Phi) is 8.22. The molecule has 0 radical (unpaired) electrons. The largest absolute Gasteiger partial charge is 0.497 e. The van der Waals surface area contributed by atoms with Gasteiger partial charge in [-0.2, -0.15) is 0 Å². The molecule has 1 heterocycles. The average Bonchev–Trinajstić information content (AvgIpc) is 2.99. The second-order valence-electron chi connectivity index (χ2n) is 9.68. The highest BCUT2D eigenvalue weighted by atomic mass is 16.5. The number of carbonyl (C=O) groups is 2. The number of anilines is 2. The number of carbonyl (C=O) groups excluding carboxylic acids is 2. The highest BCUT2D eigenvalue weighted by Crippen LogP contribution is 2.27. The van der Waals surface area contributed by atoms with Crippen LogP contribution in [0.4, 0.5) is 11.4 Å². The molecule has 0 bridgehead atoms. The SMILES string of the molecule is COc1ccc(CC(=O)N2CCN(c3ccc(NC(=O)C(c4ccccc4)c4ccccc4)cc3)CC2)cc1. The lowest BCUT2D eigenvalue weighted by Crippen LogP contribution is -2.49. The Bertz CT molecular complexity index is 1330. The summed E-state index contributed by atoms with van der Waals surface area (Å²) in [6.45, 7) is 2.90. The highest BCUT2D eigenvalue weighted by Gasteiger charge is 2.24. The molecule has 1 N–H and O–H groups in total. The molecule has 198 valence electrons. The van der Waals surface area contributed by atoms with Crippen LogP contribution in [0.3, 0.4) is 0 Å². The Morgan fingerprint density at radius 2 is 1.31 bits per heavy atom. The highest BCUT2D eigenvalue weighted by molar-refractivity contribution is 5.98. The van der Waals surface area contributed by atoms with E-state index in [4.69, 9.17) is 4.74 Å². The molecule has 4 aromatic carbocycles. The smallest absolute Gasteiger partial charge is 0.236 e. The number of piperazine rings is 1. The van der Waals surface area contributed by atoms with Gasteiger partial charge in [-0.25, -0.2) is 0 Å². The van der Waals surface area contributed by atoms with Gasteiger partial charge in [0, 0.05) is 37.6 Å². The maximum Gasteiger partial charge on any atom is 0.236 e. The molecule has 1 saturated heterocycles. The molecule has 0 aromatic heterocycles. The Morgan fingerprint density at radius 1 is 0.744 bits per heavy atom. The van der Waals surface area contributed by atoms with Crippen molar-refractivity contribution in [1.29, 1.82) is 0 Å². The number of hydrogen-bond acceptors (Lipinski definition) is 4. The van der Waals surface area contributed by atoms with Crippen LogP contribution in [-0.4, -0.2) is 50.0 Å². The van der Waals surface area contributed by atoms with Crippen LogP contribution < -0.4 is 15.0 Å². The minimum Gasteiger partial charge on any atom is -0.497 e. The van der Waals surface area contributed by atoms with Crippen LogP contribution in [0.1, 0.15) is 22.6 Å². The maximum atomic E-state index is 13.4. The van der Waals surface area contributed by atoms with Gasteiger partial charge >= 0.3 is 0 Å². The number of nitrogens with zero attached hydrogens (tertiary/aromatic N) is 2. The normalized spacial score (nSPS) is 13.3. The molecular weight excluding hydrogens is 486 g/mol. The third kappa shape index (κ3) is 6.47. The summed E-state index contributed by atoms with van der Waals surface area (Å²) < 4.78 is 5.20. The number of ether oxygens (including phenoxy) is 1. The molecule has 5 rings (SSSR count). The summed E-state index contributed by atoms with van der Waals surface area (Å²) in [5, 5.41) is 3.10. The van der Waals surface area contributed by atoms with Crippen LogP contribution in [0.2, 0.25) is 0 Å². The molecule has 0 atom stereocenters. The molecule has 39 heavy (non-hydrogen) atoms. The Balaban J connectivity index is 1.17. The van der Waals surface area contributed by atoms with Gasteiger partial charge in [-0.1, -0.05) is 72.8 Å². The van der Waals surface area contributed by atoms with Crippen LogP contribution in [0.15, 0.2) is 109 Å². The van der Waals surface area contributed by atoms with E-state index in [-0.39, 0.29) is 11.8 Å². The van der Waals surface area contributed by atoms with Crippen molar-refractivity contribution in [2.45, 2.75) is 12.3 Å². The second kappa shape index (κ2) is 12.3. The lowest BCUT2D eigenvalue weighted by Gasteiger charge is -2.36. The Hall–Kier alpha value is -4.58. The minimum atomic E-state index is -0.393. The van der Waals surface area contributed by atoms with Crippen molar-refractivity contribution >= 4 is 23.2 Å². The first-order valence-corrected chi connectivity index (χ1v) is 13.3. The van der Waals surface area contributed by atoms with E-state index in [1.54, 1.807) is 7.11 Å². The van der Waals surface area contributed by atoms with E-state index in [0.717, 1.165) is 46.9 Å². The fraction of sp³-hybridized carbons (Fsp3) is 0.212. The van der Waals surface area contributed by atoms with Crippen LogP contribution in [0, 0.1) is 0 Å². The van der Waals surface area contributed by atoms with E-state index in [2.05, 4.69) is 10.2 Å². The molecule has 0 saturated carbocycles. The van der Waals surface area contributed by atoms with Crippen molar-refractivity contribution in [3.05, 3.63) is 126 Å². The lowest BCUT2D eigenvalue weighted by molar-refractivity contribution is -0.130. The van der Waals surface area contributed by atoms with Crippen LogP contribution in [0.5, 0.6) is 5.75 Å². The van der Waals surface area contributed by atoms with E-state index in [9.17, 15) is 9.59 Å². The van der Waals surface area contributed by atoms with Crippen molar-refractivity contribution in [3.63, 3.8) is 0 Å². The van der Waals surface area contributed by atoms with Crippen LogP contribution in [0.25, 0.3) is 0 Å². The Labute approximate surface area is 229 Å². The second-order valence-corrected chi connectivity index (χ2v) is 9.68. The number of amides is 2. The molecule has 1 aliphatic rings. The number of nitrogens with one attached hydrogen (secondary N) is 1. The van der Waals surface area contributed by atoms with Gasteiger partial charge in [0.05, 0.1) is 19.4 Å². The van der Waals surface area contributed by atoms with Gasteiger partial charge in [0.1, 0.15) is 5.75 Å². The molecule has 0 aliphatic carbocycles. The van der Waals surface area contributed by atoms with Crippen molar-refractivity contribution in [2.75, 3.05) is 43.5 Å². The summed E-state index contributed by atoms with van der Waals surface area (Å²) in [7, 11) is 1.64. The van der Waals surface area contributed by atoms with Crippen molar-refractivity contribution in [2.24, 2.45) is 0 Å². The summed E-state index contributed by atoms with van der Waals surface area (Å²) in [5.41, 5.74) is 4.74. The first kappa shape index (κ1) is 26.0. The zero-order chi connectivity index (χ0) is 27.0. The van der Waals surface area contributed by atoms with Gasteiger partial charge in [0.2, 0.25) is 11.8 Å². The van der Waals surface area contributed by atoms with Gasteiger partial charge in [-0.3, -0.25) is 9.59 Å². The minimum absolute atomic E-state index is 0.0656. The lowest BCUT2D eigenvalue weighted by atomic mass is 9.90. The summed E-state index contributed by atoms with van der Waals surface area (Å²) in [5.74, 6) is 0.474. The quantitative estimate of drug-likeness (QED) is 0.341. The number of rotatable bonds is 8. The third-order valence-corrected chi connectivity index (χ3v) is 7.17. The zero-order valence-electron chi connectivity index (χ0n) is 22.1. The fourth-order valence-corrected chi connectivity index (χ4v) is 5.00. The number of hydrogen-bond donors (Lipinski definition) is 1. The first-order valence-electron chi connectivity index (χ1n) is 13.3. The van der Waals surface area contributed by atoms with Crippen molar-refractivity contribution in [3.8, 4) is 5.75 Å². The molecule has 2 amide bonds. The van der Waals surface area contributed by atoms with Crippen molar-refractivity contribution < 1.29 is 14.3 Å². The van der Waals surface area contributed by atoms with E-state index in [1.807, 2.05) is 114 Å². The maximum absolute atomic E-state index is 13.4. The predicted molar refractivity (Wildman–Crippen MR) is 155 cm³/mol. The number of methoxy groups -OCH3 is 1. The molecule has 0 unspecified atom stereocenters. The van der Waals surface area contributed by atoms with E-state index in [1.165, 1.54) is 0 Å². The average molecular weight is 520 g/mol. The van der Waals surface area contributed by atoms with E-state index >= 15 is 0 Å². The van der Waals surface area contributed by atoms with Gasteiger partial charge in [-0.15, -0.1) is 0 Å². The molecule has 6 nitrogen and oxygen atoms in total. The van der Waals surface area contributed by atoms with E-state index in [0.29, 0.717) is 19.5 Å². The van der Waals surface area contributed by atoms with Gasteiger partial charge in [0.25, 0.3) is 0 Å². The van der Waals surface area contributed by atoms with Crippen molar-refractivity contribution in [1.82, 2.24) is 4.90 Å². The zero-order valence-corrected chi connectivity index (χ0v) is 22.1. The van der Waals surface area contributed by atoms with Gasteiger partial charge < -0.3 is 19.9 Å². The molecule has 1 fully saturated rings. The predicted octanol–water partition coefficient (Wildman–Crippen LogP) is 5.36. The summed E-state index contributed by atoms with van der Waals surface area (Å²) in [4.78, 5) is 30.4. The standard InChI is InChI=1S/C33H33N3O3/c1-39-30-18-12-25(13-19-30)24-31(37)36-22-20-35(21-23-36)29-16-14-28(15-17-29)34-33(38)32(26-8-4-2-5-9-26)27-10-6-3-7-11-27/h2-19,32H,20-24H2,1H3,(H,34,38). The van der Waals surface area contributed by atoms with Crippen LogP contribution in [-0.2, 0) is 16.0 Å². The van der Waals surface area contributed by atoms with Gasteiger partial charge in [-0.05, 0) is 53.1 Å². The summed E-state index contributed by atoms with van der Waals surface area (Å²) >= 11 is 0. The molecule has 1 aliphatic heterocycles. The monoisotopic (exact) mass is 519 g/mol. The van der Waals surface area contributed by atoms with Crippen LogP contribution >= 0.6 is 0 Å². The van der Waals surface area contributed by atoms with E-state index < -0.39 is 5.92 Å². The van der Waals surface area contributed by atoms with Gasteiger partial charge in [0.15, 0.2) is 0 Å². The summed E-state index contributed by atoms with van der Waals surface area (Å²) in [6.07, 6.45) is 0.394. The molecule has 4 aromatic rings. The third-order valence-electron chi connectivity index (χ3n) is 7.17. The molecule has 6 heteroatoms. The summed E-state index contributed by atoms with van der Waals surface area (Å²) in [6, 6.07) is 35.3. The topological polar surface area (TPSA) is 61.9 Å². The molecule has 0 spiro atoms. The fourth-order valence-electron chi connectivity index (χ4n) is 5.00. The number of benzene rings is 4.